The van der Waals surface area contributed by atoms with Crippen molar-refractivity contribution < 1.29 is 17.9 Å². The third-order valence-electron chi connectivity index (χ3n) is 4.37. The van der Waals surface area contributed by atoms with E-state index in [1.807, 2.05) is 20.8 Å². The summed E-state index contributed by atoms with van der Waals surface area (Å²) in [7, 11) is -3.53. The highest BCUT2D eigenvalue weighted by Crippen LogP contribution is 2.31. The van der Waals surface area contributed by atoms with Crippen LogP contribution in [0.5, 0.6) is 5.75 Å². The second-order valence-electron chi connectivity index (χ2n) is 6.65. The summed E-state index contributed by atoms with van der Waals surface area (Å²) < 4.78 is 31.8. The lowest BCUT2D eigenvalue weighted by atomic mass is 10.1. The largest absolute Gasteiger partial charge is 0.492 e. The van der Waals surface area contributed by atoms with Crippen LogP contribution >= 0.6 is 0 Å². The van der Waals surface area contributed by atoms with E-state index in [2.05, 4.69) is 5.32 Å². The van der Waals surface area contributed by atoms with E-state index in [0.29, 0.717) is 23.6 Å². The maximum absolute atomic E-state index is 12.4. The average molecular weight is 405 g/mol. The molecule has 2 aromatic carbocycles. The van der Waals surface area contributed by atoms with Gasteiger partial charge in [-0.15, -0.1) is 0 Å². The lowest BCUT2D eigenvalue weighted by Gasteiger charge is -2.24. The van der Waals surface area contributed by atoms with Crippen molar-refractivity contribution in [3.63, 3.8) is 0 Å². The molecule has 1 N–H and O–H groups in total. The van der Waals surface area contributed by atoms with Gasteiger partial charge in [0.15, 0.2) is 0 Å². The minimum Gasteiger partial charge on any atom is -0.492 e. The number of carbonyl (C=O) groups is 1. The van der Waals surface area contributed by atoms with Gasteiger partial charge in [0.2, 0.25) is 10.0 Å². The van der Waals surface area contributed by atoms with E-state index >= 15 is 0 Å². The van der Waals surface area contributed by atoms with E-state index in [9.17, 15) is 13.2 Å². The number of anilines is 1. The van der Waals surface area contributed by atoms with Crippen molar-refractivity contribution in [1.82, 2.24) is 5.32 Å². The van der Waals surface area contributed by atoms with Crippen molar-refractivity contribution in [2.75, 3.05) is 17.2 Å². The topological polar surface area (TPSA) is 75.7 Å². The molecule has 152 valence electrons. The molecule has 7 heteroatoms. The third-order valence-corrected chi connectivity index (χ3v) is 5.49. The van der Waals surface area contributed by atoms with Crippen LogP contribution in [0.3, 0.4) is 0 Å². The molecule has 0 aliphatic heterocycles. The van der Waals surface area contributed by atoms with E-state index in [1.165, 1.54) is 10.6 Å². The SMILES string of the molecule is CCOc1ccccc1N(Cc1ccc(C(=O)NC(C)CC)cc1)S(C)(=O)=O. The maximum atomic E-state index is 12.4. The van der Waals surface area contributed by atoms with Gasteiger partial charge in [-0.25, -0.2) is 8.42 Å². The highest BCUT2D eigenvalue weighted by atomic mass is 32.2. The van der Waals surface area contributed by atoms with Crippen molar-refractivity contribution in [3.8, 4) is 5.75 Å². The van der Waals surface area contributed by atoms with Gasteiger partial charge in [-0.05, 0) is 50.1 Å². The first-order valence-corrected chi connectivity index (χ1v) is 11.2. The summed E-state index contributed by atoms with van der Waals surface area (Å²) in [6, 6.07) is 14.1. The Morgan fingerprint density at radius 2 is 1.75 bits per heavy atom. The lowest BCUT2D eigenvalue weighted by molar-refractivity contribution is 0.0939. The summed E-state index contributed by atoms with van der Waals surface area (Å²) in [4.78, 5) is 12.2. The van der Waals surface area contributed by atoms with Gasteiger partial charge in [0.1, 0.15) is 5.75 Å². The van der Waals surface area contributed by atoms with Crippen LogP contribution in [-0.4, -0.2) is 33.2 Å². The number of carbonyl (C=O) groups excluding carboxylic acids is 1. The molecule has 0 heterocycles. The molecule has 0 saturated carbocycles. The number of rotatable bonds is 9. The highest BCUT2D eigenvalue weighted by Gasteiger charge is 2.21. The zero-order valence-corrected chi connectivity index (χ0v) is 17.6. The van der Waals surface area contributed by atoms with Gasteiger partial charge in [-0.3, -0.25) is 9.10 Å². The molecule has 1 atom stereocenters. The molecular weight excluding hydrogens is 376 g/mol. The maximum Gasteiger partial charge on any atom is 0.251 e. The molecule has 0 saturated heterocycles. The van der Waals surface area contributed by atoms with Gasteiger partial charge >= 0.3 is 0 Å². The molecule has 0 aliphatic rings. The zero-order chi connectivity index (χ0) is 20.7. The van der Waals surface area contributed by atoms with Gasteiger partial charge in [-0.2, -0.15) is 0 Å². The van der Waals surface area contributed by atoms with Crippen molar-refractivity contribution in [1.29, 1.82) is 0 Å². The predicted octanol–water partition coefficient (Wildman–Crippen LogP) is 3.58. The van der Waals surface area contributed by atoms with Gasteiger partial charge < -0.3 is 10.1 Å². The van der Waals surface area contributed by atoms with Crippen molar-refractivity contribution in [3.05, 3.63) is 59.7 Å². The Hall–Kier alpha value is -2.54. The van der Waals surface area contributed by atoms with Crippen LogP contribution in [0.2, 0.25) is 0 Å². The first-order chi connectivity index (χ1) is 13.3. The number of sulfonamides is 1. The molecule has 0 bridgehead atoms. The average Bonchev–Trinajstić information content (AvgIpc) is 2.66. The molecular formula is C21H28N2O4S. The molecule has 28 heavy (non-hydrogen) atoms. The van der Waals surface area contributed by atoms with E-state index < -0.39 is 10.0 Å². The molecule has 0 spiro atoms. The summed E-state index contributed by atoms with van der Waals surface area (Å²) in [5.41, 5.74) is 1.81. The van der Waals surface area contributed by atoms with Crippen molar-refractivity contribution >= 4 is 21.6 Å². The quantitative estimate of drug-likeness (QED) is 0.693. The van der Waals surface area contributed by atoms with Crippen LogP contribution in [0.25, 0.3) is 0 Å². The van der Waals surface area contributed by atoms with Gasteiger partial charge in [0, 0.05) is 11.6 Å². The molecule has 6 nitrogen and oxygen atoms in total. The molecule has 0 aliphatic carbocycles. The highest BCUT2D eigenvalue weighted by molar-refractivity contribution is 7.92. The van der Waals surface area contributed by atoms with Crippen LogP contribution in [0, 0.1) is 0 Å². The molecule has 2 aromatic rings. The number of nitrogens with one attached hydrogen (secondary N) is 1. The fourth-order valence-electron chi connectivity index (χ4n) is 2.66. The first kappa shape index (κ1) is 21.8. The zero-order valence-electron chi connectivity index (χ0n) is 16.8. The summed E-state index contributed by atoms with van der Waals surface area (Å²) in [5, 5.41) is 2.92. The molecule has 0 fully saturated rings. The normalized spacial score (nSPS) is 12.3. The van der Waals surface area contributed by atoms with Crippen LogP contribution in [0.15, 0.2) is 48.5 Å². The number of amides is 1. The lowest BCUT2D eigenvalue weighted by Crippen LogP contribution is -2.32. The van der Waals surface area contributed by atoms with Crippen LogP contribution in [0.1, 0.15) is 43.1 Å². The van der Waals surface area contributed by atoms with Crippen LogP contribution in [0.4, 0.5) is 5.69 Å². The molecule has 1 unspecified atom stereocenters. The Kier molecular flexibility index (Phi) is 7.45. The van der Waals surface area contributed by atoms with Crippen molar-refractivity contribution in [2.24, 2.45) is 0 Å². The monoisotopic (exact) mass is 404 g/mol. The van der Waals surface area contributed by atoms with Crippen LogP contribution < -0.4 is 14.4 Å². The summed E-state index contributed by atoms with van der Waals surface area (Å²) >= 11 is 0. The molecule has 1 amide bonds. The summed E-state index contributed by atoms with van der Waals surface area (Å²) in [5.74, 6) is 0.377. The Morgan fingerprint density at radius 3 is 2.32 bits per heavy atom. The molecule has 0 radical (unpaired) electrons. The third kappa shape index (κ3) is 5.73. The number of hydrogen-bond acceptors (Lipinski definition) is 4. The number of ether oxygens (including phenoxy) is 1. The van der Waals surface area contributed by atoms with Gasteiger partial charge in [0.05, 0.1) is 25.1 Å². The van der Waals surface area contributed by atoms with Crippen molar-refractivity contribution in [2.45, 2.75) is 39.8 Å². The Balaban J connectivity index is 2.26. The Bertz CT molecular complexity index is 895. The minimum atomic E-state index is -3.53. The van der Waals surface area contributed by atoms with Gasteiger partial charge in [-0.1, -0.05) is 31.2 Å². The van der Waals surface area contributed by atoms with E-state index in [0.717, 1.165) is 12.0 Å². The Morgan fingerprint density at radius 1 is 1.11 bits per heavy atom. The smallest absolute Gasteiger partial charge is 0.251 e. The predicted molar refractivity (Wildman–Crippen MR) is 112 cm³/mol. The minimum absolute atomic E-state index is 0.1000. The number of hydrogen-bond donors (Lipinski definition) is 1. The summed E-state index contributed by atoms with van der Waals surface area (Å²) in [6.07, 6.45) is 2.02. The van der Waals surface area contributed by atoms with Crippen LogP contribution in [-0.2, 0) is 16.6 Å². The molecule has 0 aromatic heterocycles. The fraction of sp³-hybridized carbons (Fsp3) is 0.381. The second-order valence-corrected chi connectivity index (χ2v) is 8.56. The first-order valence-electron chi connectivity index (χ1n) is 9.35. The number of para-hydroxylation sites is 2. The Labute approximate surface area is 167 Å². The summed E-state index contributed by atoms with van der Waals surface area (Å²) in [6.45, 7) is 6.40. The number of nitrogens with zero attached hydrogens (tertiary/aromatic N) is 1. The molecule has 2 rings (SSSR count). The van der Waals surface area contributed by atoms with E-state index in [-0.39, 0.29) is 18.5 Å². The number of benzene rings is 2. The van der Waals surface area contributed by atoms with E-state index in [1.54, 1.807) is 48.5 Å². The standard InChI is InChI=1S/C21H28N2O4S/c1-5-16(3)22-21(24)18-13-11-17(12-14-18)15-23(28(4,25)26)19-9-7-8-10-20(19)27-6-2/h7-14,16H,5-6,15H2,1-4H3,(H,22,24). The fourth-order valence-corrected chi connectivity index (χ4v) is 3.55. The van der Waals surface area contributed by atoms with Gasteiger partial charge in [0.25, 0.3) is 5.91 Å². The second kappa shape index (κ2) is 9.59. The van der Waals surface area contributed by atoms with E-state index in [4.69, 9.17) is 4.74 Å².